The summed E-state index contributed by atoms with van der Waals surface area (Å²) in [5.74, 6) is -1.55. The summed E-state index contributed by atoms with van der Waals surface area (Å²) in [6, 6.07) is 4.11. The van der Waals surface area contributed by atoms with Gasteiger partial charge in [0.25, 0.3) is 17.5 Å². The molecule has 2 heterocycles. The third-order valence-corrected chi connectivity index (χ3v) is 6.21. The number of rotatable bonds is 6. The van der Waals surface area contributed by atoms with Crippen molar-refractivity contribution in [2.75, 3.05) is 38.2 Å². The van der Waals surface area contributed by atoms with Gasteiger partial charge >= 0.3 is 5.97 Å². The lowest BCUT2D eigenvalue weighted by molar-refractivity contribution is -0.385. The van der Waals surface area contributed by atoms with Crippen LogP contribution in [-0.2, 0) is 9.47 Å². The summed E-state index contributed by atoms with van der Waals surface area (Å²) in [7, 11) is 0. The Hall–Kier alpha value is -3.31. The first-order chi connectivity index (χ1) is 15.2. The maximum atomic E-state index is 13.0. The predicted molar refractivity (Wildman–Crippen MR) is 118 cm³/mol. The minimum atomic E-state index is -0.660. The Morgan fingerprint density at radius 1 is 1.25 bits per heavy atom. The number of ether oxygens (including phenoxy) is 2. The van der Waals surface area contributed by atoms with E-state index in [9.17, 15) is 24.5 Å². The summed E-state index contributed by atoms with van der Waals surface area (Å²) in [6.07, 6.45) is 0. The van der Waals surface area contributed by atoms with Gasteiger partial charge in [0.15, 0.2) is 0 Å². The van der Waals surface area contributed by atoms with Crippen LogP contribution in [-0.4, -0.2) is 60.5 Å². The van der Waals surface area contributed by atoms with Crippen LogP contribution < -0.4 is 5.32 Å². The molecular weight excluding hydrogens is 438 g/mol. The van der Waals surface area contributed by atoms with Gasteiger partial charge in [0.2, 0.25) is 0 Å². The Morgan fingerprint density at radius 2 is 1.94 bits per heavy atom. The second-order valence-corrected chi connectivity index (χ2v) is 8.12. The molecule has 32 heavy (non-hydrogen) atoms. The molecule has 0 unspecified atom stereocenters. The first-order valence-electron chi connectivity index (χ1n) is 9.98. The summed E-state index contributed by atoms with van der Waals surface area (Å²) in [5.41, 5.74) is 0.806. The first kappa shape index (κ1) is 23.4. The Morgan fingerprint density at radius 3 is 2.56 bits per heavy atom. The van der Waals surface area contributed by atoms with E-state index in [1.54, 1.807) is 25.7 Å². The van der Waals surface area contributed by atoms with Crippen molar-refractivity contribution in [3.05, 3.63) is 55.4 Å². The Balaban J connectivity index is 1.96. The molecule has 1 N–H and O–H groups in total. The summed E-state index contributed by atoms with van der Waals surface area (Å²) >= 11 is 0.980. The van der Waals surface area contributed by atoms with Gasteiger partial charge < -0.3 is 19.7 Å². The van der Waals surface area contributed by atoms with Crippen LogP contribution in [0.25, 0.3) is 0 Å². The molecule has 2 aromatic rings. The Kier molecular flexibility index (Phi) is 7.21. The van der Waals surface area contributed by atoms with E-state index in [1.165, 1.54) is 18.2 Å². The summed E-state index contributed by atoms with van der Waals surface area (Å²) < 4.78 is 10.4. The zero-order valence-electron chi connectivity index (χ0n) is 17.9. The zero-order chi connectivity index (χ0) is 23.4. The topological polar surface area (TPSA) is 128 Å². The van der Waals surface area contributed by atoms with Gasteiger partial charge in [-0.15, -0.1) is 11.3 Å². The molecule has 1 fully saturated rings. The molecule has 170 valence electrons. The van der Waals surface area contributed by atoms with E-state index in [-0.39, 0.29) is 34.3 Å². The van der Waals surface area contributed by atoms with Crippen LogP contribution in [0.2, 0.25) is 0 Å². The number of nitro groups is 1. The van der Waals surface area contributed by atoms with Crippen molar-refractivity contribution in [2.45, 2.75) is 20.8 Å². The monoisotopic (exact) mass is 461 g/mol. The minimum Gasteiger partial charge on any atom is -0.462 e. The highest BCUT2D eigenvalue weighted by Gasteiger charge is 2.30. The number of nitrogens with one attached hydrogen (secondary N) is 1. The normalized spacial score (nSPS) is 13.5. The highest BCUT2D eigenvalue weighted by atomic mass is 32.1. The minimum absolute atomic E-state index is 0.0595. The number of benzene rings is 1. The molecule has 3 rings (SSSR count). The standard InChI is InChI=1S/C21H23N3O7S/c1-4-31-21(27)16-13(3)17(20(26)23-7-9-30-10-8-23)32-19(16)22-18(25)14-6-5-12(2)15(11-14)24(28)29/h5-6,11H,4,7-10H2,1-3H3,(H,22,25). The summed E-state index contributed by atoms with van der Waals surface area (Å²) in [4.78, 5) is 51.1. The van der Waals surface area contributed by atoms with E-state index < -0.39 is 16.8 Å². The van der Waals surface area contributed by atoms with Crippen molar-refractivity contribution in [1.29, 1.82) is 0 Å². The number of thiophene rings is 1. The van der Waals surface area contributed by atoms with Crippen LogP contribution in [0.5, 0.6) is 0 Å². The molecule has 0 aliphatic carbocycles. The van der Waals surface area contributed by atoms with Crippen LogP contribution in [0.15, 0.2) is 18.2 Å². The van der Waals surface area contributed by atoms with Crippen LogP contribution in [0.1, 0.15) is 48.4 Å². The van der Waals surface area contributed by atoms with Crippen LogP contribution in [0.3, 0.4) is 0 Å². The molecule has 1 aromatic heterocycles. The van der Waals surface area contributed by atoms with Crippen LogP contribution in [0, 0.1) is 24.0 Å². The van der Waals surface area contributed by atoms with Gasteiger partial charge in [-0.05, 0) is 32.4 Å². The summed E-state index contributed by atoms with van der Waals surface area (Å²) in [5, 5.41) is 14.0. The zero-order valence-corrected chi connectivity index (χ0v) is 18.7. The third-order valence-electron chi connectivity index (χ3n) is 5.01. The predicted octanol–water partition coefficient (Wildman–Crippen LogP) is 3.17. The van der Waals surface area contributed by atoms with Gasteiger partial charge in [0, 0.05) is 30.3 Å². The third kappa shape index (κ3) is 4.78. The van der Waals surface area contributed by atoms with Gasteiger partial charge in [-0.25, -0.2) is 4.79 Å². The van der Waals surface area contributed by atoms with Crippen molar-refractivity contribution >= 4 is 39.8 Å². The average Bonchev–Trinajstić information content (AvgIpc) is 3.09. The maximum absolute atomic E-state index is 13.0. The second-order valence-electron chi connectivity index (χ2n) is 7.10. The molecule has 0 saturated carbocycles. The number of hydrogen-bond donors (Lipinski definition) is 1. The first-order valence-corrected chi connectivity index (χ1v) is 10.8. The second kappa shape index (κ2) is 9.88. The maximum Gasteiger partial charge on any atom is 0.341 e. The number of nitro benzene ring substituents is 1. The van der Waals surface area contributed by atoms with E-state index in [1.807, 2.05) is 0 Å². The number of carbonyl (C=O) groups is 3. The molecule has 0 bridgehead atoms. The molecule has 1 aliphatic rings. The number of amides is 2. The number of anilines is 1. The van der Waals surface area contributed by atoms with E-state index in [2.05, 4.69) is 5.32 Å². The van der Waals surface area contributed by atoms with E-state index in [0.29, 0.717) is 42.3 Å². The lowest BCUT2D eigenvalue weighted by Gasteiger charge is -2.26. The van der Waals surface area contributed by atoms with Crippen molar-refractivity contribution in [1.82, 2.24) is 4.90 Å². The van der Waals surface area contributed by atoms with Gasteiger partial charge in [-0.3, -0.25) is 19.7 Å². The van der Waals surface area contributed by atoms with Gasteiger partial charge in [0.1, 0.15) is 5.00 Å². The van der Waals surface area contributed by atoms with Crippen molar-refractivity contribution in [3.8, 4) is 0 Å². The van der Waals surface area contributed by atoms with E-state index in [0.717, 1.165) is 11.3 Å². The quantitative estimate of drug-likeness (QED) is 0.397. The number of aryl methyl sites for hydroxylation is 1. The number of morpholine rings is 1. The fraction of sp³-hybridized carbons (Fsp3) is 0.381. The molecule has 1 aliphatic heterocycles. The number of nitrogens with zero attached hydrogens (tertiary/aromatic N) is 2. The average molecular weight is 461 g/mol. The Labute approximate surface area is 188 Å². The molecule has 0 spiro atoms. The van der Waals surface area contributed by atoms with Gasteiger partial charge in [-0.1, -0.05) is 6.07 Å². The molecular formula is C21H23N3O7S. The van der Waals surface area contributed by atoms with E-state index in [4.69, 9.17) is 9.47 Å². The van der Waals surface area contributed by atoms with E-state index >= 15 is 0 Å². The molecule has 0 radical (unpaired) electrons. The number of esters is 1. The Bertz CT molecular complexity index is 1070. The number of carbonyl (C=O) groups excluding carboxylic acids is 3. The largest absolute Gasteiger partial charge is 0.462 e. The van der Waals surface area contributed by atoms with Crippen LogP contribution >= 0.6 is 11.3 Å². The highest BCUT2D eigenvalue weighted by Crippen LogP contribution is 2.35. The number of hydrogen-bond acceptors (Lipinski definition) is 8. The molecule has 0 atom stereocenters. The smallest absolute Gasteiger partial charge is 0.341 e. The lowest BCUT2D eigenvalue weighted by Crippen LogP contribution is -2.40. The van der Waals surface area contributed by atoms with Gasteiger partial charge in [-0.2, -0.15) is 0 Å². The molecule has 1 saturated heterocycles. The van der Waals surface area contributed by atoms with Crippen molar-refractivity contribution < 1.29 is 28.8 Å². The summed E-state index contributed by atoms with van der Waals surface area (Å²) in [6.45, 7) is 6.70. The van der Waals surface area contributed by atoms with Crippen molar-refractivity contribution in [2.24, 2.45) is 0 Å². The molecule has 11 heteroatoms. The molecule has 10 nitrogen and oxygen atoms in total. The lowest BCUT2D eigenvalue weighted by atomic mass is 10.1. The molecule has 1 aromatic carbocycles. The SMILES string of the molecule is CCOC(=O)c1c(NC(=O)c2ccc(C)c([N+](=O)[O-])c2)sc(C(=O)N2CCOCC2)c1C. The fourth-order valence-corrected chi connectivity index (χ4v) is 4.45. The fourth-order valence-electron chi connectivity index (χ4n) is 3.29. The van der Waals surface area contributed by atoms with Crippen LogP contribution in [0.4, 0.5) is 10.7 Å². The highest BCUT2D eigenvalue weighted by molar-refractivity contribution is 7.18. The molecule has 2 amide bonds. The van der Waals surface area contributed by atoms with Crippen molar-refractivity contribution in [3.63, 3.8) is 0 Å². The van der Waals surface area contributed by atoms with Gasteiger partial charge in [0.05, 0.1) is 35.2 Å².